The molecule has 5 rings (SSSR count). The van der Waals surface area contributed by atoms with E-state index < -0.39 is 23.7 Å². The molecule has 45 heavy (non-hydrogen) atoms. The molecule has 0 radical (unpaired) electrons. The molecule has 4 aromatic carbocycles. The Balaban J connectivity index is 1.30. The molecule has 0 aliphatic rings. The summed E-state index contributed by atoms with van der Waals surface area (Å²) >= 11 is 0. The lowest BCUT2D eigenvalue weighted by atomic mass is 10.0. The van der Waals surface area contributed by atoms with Crippen LogP contribution in [0.1, 0.15) is 15.9 Å². The second kappa shape index (κ2) is 14.1. The van der Waals surface area contributed by atoms with Gasteiger partial charge in [-0.2, -0.15) is 0 Å². The van der Waals surface area contributed by atoms with Crippen molar-refractivity contribution in [3.8, 4) is 17.0 Å². The van der Waals surface area contributed by atoms with Gasteiger partial charge >= 0.3 is 0 Å². The van der Waals surface area contributed by atoms with Crippen LogP contribution in [0.15, 0.2) is 109 Å². The summed E-state index contributed by atoms with van der Waals surface area (Å²) < 4.78 is 20.7. The lowest BCUT2D eigenvalue weighted by Gasteiger charge is -2.25. The smallest absolute Gasteiger partial charge is 0.258 e. The molecule has 3 amide bonds. The Labute approximate surface area is 259 Å². The fourth-order valence-electron chi connectivity index (χ4n) is 4.75. The fourth-order valence-corrected chi connectivity index (χ4v) is 4.75. The summed E-state index contributed by atoms with van der Waals surface area (Å²) in [5, 5.41) is 13.9. The van der Waals surface area contributed by atoms with Crippen molar-refractivity contribution in [3.05, 3.63) is 126 Å². The van der Waals surface area contributed by atoms with E-state index in [0.717, 1.165) is 5.56 Å². The molecule has 0 aliphatic heterocycles. The summed E-state index contributed by atoms with van der Waals surface area (Å²) in [5.74, 6) is -1.32. The van der Waals surface area contributed by atoms with Gasteiger partial charge in [-0.15, -0.1) is 5.10 Å². The van der Waals surface area contributed by atoms with Crippen LogP contribution >= 0.6 is 0 Å². The molecule has 0 fully saturated rings. The zero-order valence-electron chi connectivity index (χ0n) is 24.7. The normalized spacial score (nSPS) is 11.4. The molecule has 1 atom stereocenters. The third-order valence-corrected chi connectivity index (χ3v) is 7.12. The molecule has 0 unspecified atom stereocenters. The van der Waals surface area contributed by atoms with Crippen molar-refractivity contribution in [2.75, 3.05) is 24.4 Å². The van der Waals surface area contributed by atoms with Crippen LogP contribution in [0.25, 0.3) is 11.3 Å². The molecular formula is C34H31FN6O4. The second-order valence-corrected chi connectivity index (χ2v) is 10.2. The zero-order chi connectivity index (χ0) is 31.8. The monoisotopic (exact) mass is 606 g/mol. The molecule has 10 nitrogen and oxygen atoms in total. The number of aromatic nitrogens is 3. The Morgan fingerprint density at radius 3 is 2.33 bits per heavy atom. The largest absolute Gasteiger partial charge is 0.497 e. The Morgan fingerprint density at radius 1 is 0.911 bits per heavy atom. The number of ether oxygens (including phenoxy) is 1. The SMILES string of the molecule is COc1ccc(N(C)C(=O)[C@H](Cc2ccccc2)NC(=O)Cn2cc(-c3ccccc3NC(=O)c3ccccc3F)nn2)cc1. The van der Waals surface area contributed by atoms with Crippen molar-refractivity contribution in [1.82, 2.24) is 20.3 Å². The highest BCUT2D eigenvalue weighted by Gasteiger charge is 2.26. The number of benzene rings is 4. The topological polar surface area (TPSA) is 118 Å². The first-order valence-electron chi connectivity index (χ1n) is 14.1. The molecule has 0 spiro atoms. The van der Waals surface area contributed by atoms with Gasteiger partial charge in [0.25, 0.3) is 5.91 Å². The maximum Gasteiger partial charge on any atom is 0.258 e. The van der Waals surface area contributed by atoms with Crippen molar-refractivity contribution in [2.24, 2.45) is 0 Å². The van der Waals surface area contributed by atoms with Gasteiger partial charge in [0.2, 0.25) is 11.8 Å². The Bertz CT molecular complexity index is 1790. The van der Waals surface area contributed by atoms with E-state index in [-0.39, 0.29) is 24.4 Å². The number of halogens is 1. The molecule has 2 N–H and O–H groups in total. The lowest BCUT2D eigenvalue weighted by molar-refractivity contribution is -0.127. The number of anilines is 2. The van der Waals surface area contributed by atoms with E-state index in [1.54, 1.807) is 75.0 Å². The molecule has 228 valence electrons. The van der Waals surface area contributed by atoms with Crippen LogP contribution in [0.4, 0.5) is 15.8 Å². The minimum Gasteiger partial charge on any atom is -0.497 e. The predicted octanol–water partition coefficient (Wildman–Crippen LogP) is 4.74. The summed E-state index contributed by atoms with van der Waals surface area (Å²) in [4.78, 5) is 41.1. The summed E-state index contributed by atoms with van der Waals surface area (Å²) in [6.45, 7) is -0.207. The van der Waals surface area contributed by atoms with Gasteiger partial charge in [0.15, 0.2) is 0 Å². The number of hydrogen-bond donors (Lipinski definition) is 2. The quantitative estimate of drug-likeness (QED) is 0.224. The molecule has 0 bridgehead atoms. The number of hydrogen-bond acceptors (Lipinski definition) is 6. The number of nitrogens with zero attached hydrogens (tertiary/aromatic N) is 4. The van der Waals surface area contributed by atoms with Gasteiger partial charge in [-0.3, -0.25) is 14.4 Å². The van der Waals surface area contributed by atoms with Crippen LogP contribution < -0.4 is 20.3 Å². The molecule has 1 aromatic heterocycles. The van der Waals surface area contributed by atoms with E-state index in [0.29, 0.717) is 28.4 Å². The Morgan fingerprint density at radius 2 is 1.60 bits per heavy atom. The van der Waals surface area contributed by atoms with E-state index in [1.165, 1.54) is 27.8 Å². The number of para-hydroxylation sites is 1. The number of nitrogens with one attached hydrogen (secondary N) is 2. The zero-order valence-corrected chi connectivity index (χ0v) is 24.7. The number of amides is 3. The van der Waals surface area contributed by atoms with Crippen LogP contribution in [0.5, 0.6) is 5.75 Å². The van der Waals surface area contributed by atoms with Gasteiger partial charge in [-0.05, 0) is 48.0 Å². The number of carbonyl (C=O) groups excluding carboxylic acids is 3. The van der Waals surface area contributed by atoms with Crippen LogP contribution in [-0.2, 0) is 22.6 Å². The highest BCUT2D eigenvalue weighted by atomic mass is 19.1. The second-order valence-electron chi connectivity index (χ2n) is 10.2. The van der Waals surface area contributed by atoms with Gasteiger partial charge in [-0.25, -0.2) is 9.07 Å². The maximum absolute atomic E-state index is 14.2. The fraction of sp³-hybridized carbons (Fsp3) is 0.147. The average molecular weight is 607 g/mol. The number of methoxy groups -OCH3 is 1. The predicted molar refractivity (Wildman–Crippen MR) is 168 cm³/mol. The minimum atomic E-state index is -0.857. The maximum atomic E-state index is 14.2. The third-order valence-electron chi connectivity index (χ3n) is 7.12. The third kappa shape index (κ3) is 7.57. The van der Waals surface area contributed by atoms with Crippen molar-refractivity contribution in [3.63, 3.8) is 0 Å². The summed E-state index contributed by atoms with van der Waals surface area (Å²) in [6, 6.07) is 28.2. The molecular weight excluding hydrogens is 575 g/mol. The lowest BCUT2D eigenvalue weighted by Crippen LogP contribution is -2.49. The van der Waals surface area contributed by atoms with Crippen LogP contribution in [-0.4, -0.2) is 52.9 Å². The van der Waals surface area contributed by atoms with Crippen LogP contribution in [0.3, 0.4) is 0 Å². The number of rotatable bonds is 11. The van der Waals surface area contributed by atoms with Crippen molar-refractivity contribution < 1.29 is 23.5 Å². The Kier molecular flexibility index (Phi) is 9.58. The standard InChI is InChI=1S/C34H31FN6O4/c1-40(24-16-18-25(45-2)19-17-24)34(44)30(20-23-10-4-3-5-11-23)36-32(42)22-41-21-31(38-39-41)27-13-7-9-15-29(27)37-33(43)26-12-6-8-14-28(26)35/h3-19,21,30H,20,22H2,1-2H3,(H,36,42)(H,37,43)/t30-/m0/s1. The van der Waals surface area contributed by atoms with Gasteiger partial charge in [-0.1, -0.05) is 65.9 Å². The first-order chi connectivity index (χ1) is 21.8. The number of carbonyl (C=O) groups is 3. The highest BCUT2D eigenvalue weighted by molar-refractivity contribution is 6.06. The molecule has 5 aromatic rings. The molecule has 0 aliphatic carbocycles. The highest BCUT2D eigenvalue weighted by Crippen LogP contribution is 2.27. The first-order valence-corrected chi connectivity index (χ1v) is 14.1. The minimum absolute atomic E-state index is 0.0927. The van der Waals surface area contributed by atoms with E-state index >= 15 is 0 Å². The Hall–Kier alpha value is -5.84. The average Bonchev–Trinajstić information content (AvgIpc) is 3.52. The van der Waals surface area contributed by atoms with E-state index in [4.69, 9.17) is 4.74 Å². The van der Waals surface area contributed by atoms with Crippen molar-refractivity contribution in [2.45, 2.75) is 19.0 Å². The molecule has 0 saturated carbocycles. The van der Waals surface area contributed by atoms with Crippen LogP contribution in [0, 0.1) is 5.82 Å². The molecule has 0 saturated heterocycles. The first kappa shape index (κ1) is 30.6. The summed E-state index contributed by atoms with van der Waals surface area (Å²) in [6.07, 6.45) is 1.84. The van der Waals surface area contributed by atoms with Gasteiger partial charge in [0.1, 0.15) is 29.8 Å². The summed E-state index contributed by atoms with van der Waals surface area (Å²) in [5.41, 5.74) is 2.77. The van der Waals surface area contributed by atoms with Crippen molar-refractivity contribution >= 4 is 29.1 Å². The van der Waals surface area contributed by atoms with Crippen molar-refractivity contribution in [1.29, 1.82) is 0 Å². The molecule has 1 heterocycles. The van der Waals surface area contributed by atoms with E-state index in [9.17, 15) is 18.8 Å². The van der Waals surface area contributed by atoms with Gasteiger partial charge < -0.3 is 20.3 Å². The van der Waals surface area contributed by atoms with E-state index in [2.05, 4.69) is 20.9 Å². The number of likely N-dealkylation sites (N-methyl/N-ethyl adjacent to an activating group) is 1. The summed E-state index contributed by atoms with van der Waals surface area (Å²) in [7, 11) is 3.22. The van der Waals surface area contributed by atoms with Gasteiger partial charge in [0.05, 0.1) is 24.6 Å². The van der Waals surface area contributed by atoms with Gasteiger partial charge in [0, 0.05) is 24.7 Å². The van der Waals surface area contributed by atoms with Crippen LogP contribution in [0.2, 0.25) is 0 Å². The molecule has 11 heteroatoms. The van der Waals surface area contributed by atoms with E-state index in [1.807, 2.05) is 30.3 Å².